The van der Waals surface area contributed by atoms with Crippen molar-refractivity contribution in [1.29, 1.82) is 0 Å². The minimum atomic E-state index is -0.437. The van der Waals surface area contributed by atoms with Crippen LogP contribution in [0.25, 0.3) is 0 Å². The number of oxazole rings is 1. The van der Waals surface area contributed by atoms with Crippen LogP contribution in [0, 0.1) is 6.92 Å². The molecule has 2 N–H and O–H groups in total. The number of ether oxygens (including phenoxy) is 1. The van der Waals surface area contributed by atoms with E-state index < -0.39 is 5.97 Å². The molecular formula is C12H12N2O3S. The summed E-state index contributed by atoms with van der Waals surface area (Å²) in [6.07, 6.45) is 1.54. The van der Waals surface area contributed by atoms with Gasteiger partial charge in [-0.2, -0.15) is 0 Å². The smallest absolute Gasteiger partial charge is 0.339 e. The Bertz CT molecular complexity index is 580. The maximum absolute atomic E-state index is 11.6. The first-order valence-electron chi connectivity index (χ1n) is 5.18. The van der Waals surface area contributed by atoms with Gasteiger partial charge in [0.2, 0.25) is 0 Å². The fourth-order valence-electron chi connectivity index (χ4n) is 1.41. The van der Waals surface area contributed by atoms with Crippen LogP contribution < -0.4 is 5.73 Å². The maximum atomic E-state index is 11.6. The summed E-state index contributed by atoms with van der Waals surface area (Å²) in [4.78, 5) is 16.4. The number of nitrogens with zero attached hydrogens (tertiary/aromatic N) is 1. The van der Waals surface area contributed by atoms with E-state index in [0.29, 0.717) is 21.4 Å². The van der Waals surface area contributed by atoms with Crippen LogP contribution in [0.3, 0.4) is 0 Å². The van der Waals surface area contributed by atoms with Gasteiger partial charge in [0.05, 0.1) is 23.3 Å². The minimum Gasteiger partial charge on any atom is -0.465 e. The first-order valence-corrected chi connectivity index (χ1v) is 6.00. The SMILES string of the molecule is COC(=O)c1cccc(N)c1Sc1nc(C)co1. The number of hydrogen-bond acceptors (Lipinski definition) is 6. The summed E-state index contributed by atoms with van der Waals surface area (Å²) in [6.45, 7) is 1.82. The highest BCUT2D eigenvalue weighted by Crippen LogP contribution is 2.34. The molecule has 1 aromatic heterocycles. The number of nitrogens with two attached hydrogens (primary N) is 1. The van der Waals surface area contributed by atoms with Gasteiger partial charge in [0.15, 0.2) is 0 Å². The lowest BCUT2D eigenvalue weighted by atomic mass is 10.2. The summed E-state index contributed by atoms with van der Waals surface area (Å²) in [7, 11) is 1.33. The Morgan fingerprint density at radius 3 is 2.89 bits per heavy atom. The zero-order valence-corrected chi connectivity index (χ0v) is 10.8. The molecule has 5 nitrogen and oxygen atoms in total. The Morgan fingerprint density at radius 2 is 2.28 bits per heavy atom. The molecule has 6 heteroatoms. The molecule has 0 unspecified atom stereocenters. The molecule has 0 radical (unpaired) electrons. The topological polar surface area (TPSA) is 78.4 Å². The Kier molecular flexibility index (Phi) is 3.57. The molecule has 0 atom stereocenters. The Balaban J connectivity index is 2.39. The van der Waals surface area contributed by atoms with Gasteiger partial charge >= 0.3 is 5.97 Å². The molecule has 1 aromatic carbocycles. The fourth-order valence-corrected chi connectivity index (χ4v) is 2.31. The van der Waals surface area contributed by atoms with Crippen LogP contribution >= 0.6 is 11.8 Å². The quantitative estimate of drug-likeness (QED) is 0.678. The number of carbonyl (C=O) groups excluding carboxylic acids is 1. The van der Waals surface area contributed by atoms with Crippen LogP contribution in [-0.2, 0) is 4.74 Å². The van der Waals surface area contributed by atoms with Crippen LogP contribution in [0.1, 0.15) is 16.1 Å². The summed E-state index contributed by atoms with van der Waals surface area (Å²) in [5.41, 5.74) is 7.53. The monoisotopic (exact) mass is 264 g/mol. The second-order valence-corrected chi connectivity index (χ2v) is 4.53. The average Bonchev–Trinajstić information content (AvgIpc) is 2.76. The van der Waals surface area contributed by atoms with Crippen molar-refractivity contribution < 1.29 is 13.9 Å². The summed E-state index contributed by atoms with van der Waals surface area (Å²) < 4.78 is 9.95. The predicted octanol–water partition coefficient (Wildman–Crippen LogP) is 2.50. The average molecular weight is 264 g/mol. The zero-order chi connectivity index (χ0) is 13.1. The summed E-state index contributed by atoms with van der Waals surface area (Å²) in [6, 6.07) is 5.07. The van der Waals surface area contributed by atoms with Crippen molar-refractivity contribution in [2.75, 3.05) is 12.8 Å². The van der Waals surface area contributed by atoms with Gasteiger partial charge in [0.25, 0.3) is 5.22 Å². The van der Waals surface area contributed by atoms with Crippen molar-refractivity contribution in [2.45, 2.75) is 17.0 Å². The molecule has 2 aromatic rings. The van der Waals surface area contributed by atoms with Crippen molar-refractivity contribution in [3.8, 4) is 0 Å². The van der Waals surface area contributed by atoms with Gasteiger partial charge in [-0.15, -0.1) is 0 Å². The van der Waals surface area contributed by atoms with E-state index in [4.69, 9.17) is 14.9 Å². The third-order valence-corrected chi connectivity index (χ3v) is 3.26. The summed E-state index contributed by atoms with van der Waals surface area (Å²) in [5, 5.41) is 0.440. The van der Waals surface area contributed by atoms with Gasteiger partial charge < -0.3 is 14.9 Å². The minimum absolute atomic E-state index is 0.401. The standard InChI is InChI=1S/C12H12N2O3S/c1-7-6-17-12(14-7)18-10-8(11(15)16-2)4-3-5-9(10)13/h3-6H,13H2,1-2H3. The zero-order valence-electron chi connectivity index (χ0n) is 9.97. The van der Waals surface area contributed by atoms with E-state index >= 15 is 0 Å². The van der Waals surface area contributed by atoms with Gasteiger partial charge in [-0.25, -0.2) is 9.78 Å². The van der Waals surface area contributed by atoms with Crippen molar-refractivity contribution >= 4 is 23.4 Å². The van der Waals surface area contributed by atoms with E-state index in [1.54, 1.807) is 24.5 Å². The number of anilines is 1. The normalized spacial score (nSPS) is 10.3. The lowest BCUT2D eigenvalue weighted by Gasteiger charge is -2.08. The highest BCUT2D eigenvalue weighted by atomic mass is 32.2. The van der Waals surface area contributed by atoms with Gasteiger partial charge in [0.1, 0.15) is 6.26 Å². The van der Waals surface area contributed by atoms with Crippen LogP contribution in [0.4, 0.5) is 5.69 Å². The van der Waals surface area contributed by atoms with Crippen molar-refractivity contribution in [2.24, 2.45) is 0 Å². The van der Waals surface area contributed by atoms with Gasteiger partial charge in [-0.05, 0) is 30.8 Å². The molecule has 0 aliphatic rings. The second-order valence-electron chi connectivity index (χ2n) is 3.57. The van der Waals surface area contributed by atoms with E-state index in [1.165, 1.54) is 18.9 Å². The molecule has 0 bridgehead atoms. The molecule has 2 rings (SSSR count). The van der Waals surface area contributed by atoms with Crippen molar-refractivity contribution in [1.82, 2.24) is 4.98 Å². The third-order valence-electron chi connectivity index (χ3n) is 2.24. The van der Waals surface area contributed by atoms with E-state index in [0.717, 1.165) is 5.69 Å². The number of esters is 1. The highest BCUT2D eigenvalue weighted by molar-refractivity contribution is 7.99. The number of carbonyl (C=O) groups is 1. The first kappa shape index (κ1) is 12.5. The lowest BCUT2D eigenvalue weighted by molar-refractivity contribution is 0.0597. The number of rotatable bonds is 3. The second kappa shape index (κ2) is 5.14. The highest BCUT2D eigenvalue weighted by Gasteiger charge is 2.17. The van der Waals surface area contributed by atoms with Crippen LogP contribution in [0.15, 0.2) is 39.0 Å². The molecule has 94 valence electrons. The molecule has 18 heavy (non-hydrogen) atoms. The number of nitrogen functional groups attached to an aromatic ring is 1. The van der Waals surface area contributed by atoms with Crippen molar-refractivity contribution in [3.63, 3.8) is 0 Å². The third kappa shape index (κ3) is 2.48. The molecule has 0 amide bonds. The largest absolute Gasteiger partial charge is 0.465 e. The van der Waals surface area contributed by atoms with Crippen LogP contribution in [0.2, 0.25) is 0 Å². The number of hydrogen-bond donors (Lipinski definition) is 1. The Labute approximate surface area is 108 Å². The lowest BCUT2D eigenvalue weighted by Crippen LogP contribution is -2.05. The van der Waals surface area contributed by atoms with E-state index in [1.807, 2.05) is 6.92 Å². The molecular weight excluding hydrogens is 252 g/mol. The van der Waals surface area contributed by atoms with E-state index in [2.05, 4.69) is 4.98 Å². The van der Waals surface area contributed by atoms with E-state index in [9.17, 15) is 4.79 Å². The number of aryl methyl sites for hydroxylation is 1. The molecule has 0 aliphatic heterocycles. The van der Waals surface area contributed by atoms with Gasteiger partial charge in [-0.1, -0.05) is 6.07 Å². The Hall–Kier alpha value is -1.95. The van der Waals surface area contributed by atoms with Crippen molar-refractivity contribution in [3.05, 3.63) is 35.7 Å². The van der Waals surface area contributed by atoms with E-state index in [-0.39, 0.29) is 0 Å². The number of benzene rings is 1. The molecule has 0 fully saturated rings. The summed E-state index contributed by atoms with van der Waals surface area (Å²) >= 11 is 1.20. The summed E-state index contributed by atoms with van der Waals surface area (Å²) in [5.74, 6) is -0.437. The molecule has 0 aliphatic carbocycles. The molecule has 0 saturated heterocycles. The molecule has 0 saturated carbocycles. The number of aromatic nitrogens is 1. The number of methoxy groups -OCH3 is 1. The first-order chi connectivity index (χ1) is 8.61. The Morgan fingerprint density at radius 1 is 1.50 bits per heavy atom. The predicted molar refractivity (Wildman–Crippen MR) is 67.6 cm³/mol. The fraction of sp³-hybridized carbons (Fsp3) is 0.167. The molecule has 1 heterocycles. The van der Waals surface area contributed by atoms with Gasteiger partial charge in [0, 0.05) is 5.69 Å². The van der Waals surface area contributed by atoms with Crippen LogP contribution in [-0.4, -0.2) is 18.1 Å². The molecule has 0 spiro atoms. The van der Waals surface area contributed by atoms with Crippen LogP contribution in [0.5, 0.6) is 0 Å². The maximum Gasteiger partial charge on any atom is 0.339 e. The van der Waals surface area contributed by atoms with Gasteiger partial charge in [-0.3, -0.25) is 0 Å².